The third-order valence-corrected chi connectivity index (χ3v) is 4.21. The van der Waals surface area contributed by atoms with Gasteiger partial charge in [0.2, 0.25) is 11.6 Å². The van der Waals surface area contributed by atoms with Crippen molar-refractivity contribution >= 4 is 17.4 Å². The van der Waals surface area contributed by atoms with Gasteiger partial charge in [-0.1, -0.05) is 17.8 Å². The molecule has 0 atom stereocenters. The summed E-state index contributed by atoms with van der Waals surface area (Å²) in [6, 6.07) is 6.43. The van der Waals surface area contributed by atoms with Crippen LogP contribution < -0.4 is 0 Å². The van der Waals surface area contributed by atoms with E-state index in [0.29, 0.717) is 11.3 Å². The van der Waals surface area contributed by atoms with Gasteiger partial charge in [0.1, 0.15) is 0 Å². The Morgan fingerprint density at radius 2 is 1.81 bits per heavy atom. The van der Waals surface area contributed by atoms with Gasteiger partial charge in [0, 0.05) is 17.4 Å². The molecule has 3 aromatic rings. The average molecular weight is 377 g/mol. The fourth-order valence-corrected chi connectivity index (χ4v) is 2.76. The summed E-state index contributed by atoms with van der Waals surface area (Å²) in [4.78, 5) is 10.1. The number of phenols is 4. The molecular weight excluding hydrogens is 366 g/mol. The molecule has 2 aromatic carbocycles. The van der Waals surface area contributed by atoms with Gasteiger partial charge in [-0.25, -0.2) is 0 Å². The van der Waals surface area contributed by atoms with E-state index in [1.54, 1.807) is 6.07 Å². The van der Waals surface area contributed by atoms with Crippen LogP contribution in [0.4, 0.5) is 5.69 Å². The number of nitro benzene ring substituents is 1. The lowest BCUT2D eigenvalue weighted by Crippen LogP contribution is -1.90. The van der Waals surface area contributed by atoms with Gasteiger partial charge in [-0.15, -0.1) is 10.2 Å². The van der Waals surface area contributed by atoms with Gasteiger partial charge in [-0.05, 0) is 23.8 Å². The van der Waals surface area contributed by atoms with Crippen molar-refractivity contribution in [3.8, 4) is 34.5 Å². The molecule has 0 saturated carbocycles. The Morgan fingerprint density at radius 3 is 2.50 bits per heavy atom. The molecule has 0 radical (unpaired) electrons. The minimum atomic E-state index is -0.847. The number of hydrogen-bond acceptors (Lipinski definition) is 10. The largest absolute Gasteiger partial charge is 0.504 e. The quantitative estimate of drug-likeness (QED) is 0.225. The van der Waals surface area contributed by atoms with Gasteiger partial charge < -0.3 is 24.8 Å². The zero-order valence-electron chi connectivity index (χ0n) is 12.9. The molecule has 0 unspecified atom stereocenters. The zero-order valence-corrected chi connectivity index (χ0v) is 13.7. The second-order valence-corrected chi connectivity index (χ2v) is 6.03. The highest BCUT2D eigenvalue weighted by molar-refractivity contribution is 7.98. The van der Waals surface area contributed by atoms with Crippen molar-refractivity contribution in [2.24, 2.45) is 0 Å². The van der Waals surface area contributed by atoms with E-state index in [-0.39, 0.29) is 28.2 Å². The van der Waals surface area contributed by atoms with Crippen molar-refractivity contribution in [3.63, 3.8) is 0 Å². The number of rotatable bonds is 5. The second kappa shape index (κ2) is 6.80. The van der Waals surface area contributed by atoms with Crippen LogP contribution in [-0.2, 0) is 5.75 Å². The van der Waals surface area contributed by atoms with E-state index in [9.17, 15) is 30.5 Å². The lowest BCUT2D eigenvalue weighted by atomic mass is 10.1. The fraction of sp³-hybridized carbons (Fsp3) is 0.0667. The van der Waals surface area contributed by atoms with Crippen molar-refractivity contribution in [1.82, 2.24) is 10.2 Å². The summed E-state index contributed by atoms with van der Waals surface area (Å²) in [6.07, 6.45) is 0. The predicted octanol–water partition coefficient (Wildman–Crippen LogP) is 2.76. The number of hydrogen-bond donors (Lipinski definition) is 4. The van der Waals surface area contributed by atoms with Crippen LogP contribution >= 0.6 is 11.8 Å². The molecule has 10 nitrogen and oxygen atoms in total. The summed E-state index contributed by atoms with van der Waals surface area (Å²) in [5, 5.41) is 56.4. The summed E-state index contributed by atoms with van der Waals surface area (Å²) >= 11 is 1.14. The maximum Gasteiger partial charge on any atom is 0.315 e. The summed E-state index contributed by atoms with van der Waals surface area (Å²) in [7, 11) is 0. The Balaban J connectivity index is 1.79. The normalized spacial score (nSPS) is 10.8. The molecule has 11 heteroatoms. The number of nitrogens with zero attached hydrogens (tertiary/aromatic N) is 3. The molecule has 0 fully saturated rings. The molecule has 26 heavy (non-hydrogen) atoms. The molecule has 1 aromatic heterocycles. The third-order valence-electron chi connectivity index (χ3n) is 3.32. The van der Waals surface area contributed by atoms with Gasteiger partial charge in [0.05, 0.1) is 4.92 Å². The van der Waals surface area contributed by atoms with Crippen molar-refractivity contribution < 1.29 is 29.8 Å². The SMILES string of the molecule is O=[N+]([O-])c1cc(-c2nnc(SCc3ccc(O)c(O)c3)o2)cc(O)c1O. The van der Waals surface area contributed by atoms with Crippen molar-refractivity contribution in [2.45, 2.75) is 11.0 Å². The summed E-state index contributed by atoms with van der Waals surface area (Å²) in [6.45, 7) is 0. The Labute approximate surface area is 149 Å². The minimum absolute atomic E-state index is 0.0700. The topological polar surface area (TPSA) is 163 Å². The first-order valence-electron chi connectivity index (χ1n) is 7.03. The van der Waals surface area contributed by atoms with E-state index in [1.807, 2.05) is 0 Å². The molecule has 0 aliphatic rings. The van der Waals surface area contributed by atoms with Gasteiger partial charge in [0.25, 0.3) is 5.22 Å². The highest BCUT2D eigenvalue weighted by Gasteiger charge is 2.22. The number of thioether (sulfide) groups is 1. The van der Waals surface area contributed by atoms with Crippen LogP contribution in [-0.4, -0.2) is 35.5 Å². The van der Waals surface area contributed by atoms with Crippen LogP contribution in [0.25, 0.3) is 11.5 Å². The first-order chi connectivity index (χ1) is 12.3. The highest BCUT2D eigenvalue weighted by atomic mass is 32.2. The molecular formula is C15H11N3O7S. The van der Waals surface area contributed by atoms with E-state index in [2.05, 4.69) is 10.2 Å². The molecule has 0 aliphatic carbocycles. The first-order valence-corrected chi connectivity index (χ1v) is 8.01. The maximum absolute atomic E-state index is 10.9. The van der Waals surface area contributed by atoms with Gasteiger partial charge in [0.15, 0.2) is 17.2 Å². The summed E-state index contributed by atoms with van der Waals surface area (Å²) in [5.74, 6) is -1.72. The van der Waals surface area contributed by atoms with E-state index in [4.69, 9.17) is 4.42 Å². The molecule has 3 rings (SSSR count). The number of nitro groups is 1. The Kier molecular flexibility index (Phi) is 4.54. The molecule has 0 aliphatic heterocycles. The predicted molar refractivity (Wildman–Crippen MR) is 89.1 cm³/mol. The van der Waals surface area contributed by atoms with Crippen molar-refractivity contribution in [2.75, 3.05) is 0 Å². The zero-order chi connectivity index (χ0) is 18.8. The Bertz CT molecular complexity index is 989. The Hall–Kier alpha value is -3.47. The molecule has 134 valence electrons. The van der Waals surface area contributed by atoms with Crippen LogP contribution in [0.2, 0.25) is 0 Å². The van der Waals surface area contributed by atoms with Gasteiger partial charge in [-0.2, -0.15) is 0 Å². The second-order valence-electron chi connectivity index (χ2n) is 5.11. The van der Waals surface area contributed by atoms with Crippen molar-refractivity contribution in [1.29, 1.82) is 0 Å². The highest BCUT2D eigenvalue weighted by Crippen LogP contribution is 2.39. The van der Waals surface area contributed by atoms with Crippen LogP contribution in [0.1, 0.15) is 5.56 Å². The number of aromatic nitrogens is 2. The van der Waals surface area contributed by atoms with Gasteiger partial charge in [-0.3, -0.25) is 10.1 Å². The molecule has 0 spiro atoms. The smallest absolute Gasteiger partial charge is 0.315 e. The lowest BCUT2D eigenvalue weighted by Gasteiger charge is -2.02. The number of phenolic OH excluding ortho intramolecular Hbond substituents is 4. The standard InChI is InChI=1S/C15H11N3O7S/c19-10-2-1-7(3-11(10)20)6-26-15-17-16-14(25-15)8-4-9(18(23)24)13(22)12(21)5-8/h1-5,19-22H,6H2. The molecule has 0 amide bonds. The van der Waals surface area contributed by atoms with Crippen LogP contribution in [0.3, 0.4) is 0 Å². The van der Waals surface area contributed by atoms with E-state index < -0.39 is 22.1 Å². The van der Waals surface area contributed by atoms with Crippen molar-refractivity contribution in [3.05, 3.63) is 46.0 Å². The molecule has 0 saturated heterocycles. The minimum Gasteiger partial charge on any atom is -0.504 e. The van der Waals surface area contributed by atoms with E-state index in [1.165, 1.54) is 12.1 Å². The Morgan fingerprint density at radius 1 is 1.04 bits per heavy atom. The average Bonchev–Trinajstić information content (AvgIpc) is 3.07. The van der Waals surface area contributed by atoms with Crippen LogP contribution in [0, 0.1) is 10.1 Å². The molecule has 0 bridgehead atoms. The number of benzene rings is 2. The number of aromatic hydroxyl groups is 4. The van der Waals surface area contributed by atoms with Crippen LogP contribution in [0.5, 0.6) is 23.0 Å². The van der Waals surface area contributed by atoms with E-state index >= 15 is 0 Å². The lowest BCUT2D eigenvalue weighted by molar-refractivity contribution is -0.385. The maximum atomic E-state index is 10.9. The summed E-state index contributed by atoms with van der Waals surface area (Å²) in [5.41, 5.74) is 0.0866. The fourth-order valence-electron chi connectivity index (χ4n) is 2.06. The summed E-state index contributed by atoms with van der Waals surface area (Å²) < 4.78 is 5.39. The monoisotopic (exact) mass is 377 g/mol. The molecule has 1 heterocycles. The van der Waals surface area contributed by atoms with Gasteiger partial charge >= 0.3 is 5.69 Å². The van der Waals surface area contributed by atoms with E-state index in [0.717, 1.165) is 23.9 Å². The first kappa shape index (κ1) is 17.4. The third kappa shape index (κ3) is 3.47. The van der Waals surface area contributed by atoms with Crippen LogP contribution in [0.15, 0.2) is 40.0 Å². The molecule has 4 N–H and O–H groups in total.